The van der Waals surface area contributed by atoms with Crippen LogP contribution < -0.4 is 9.47 Å². The Bertz CT molecular complexity index is 1260. The van der Waals surface area contributed by atoms with Crippen LogP contribution in [0.5, 0.6) is 11.5 Å². The SMILES string of the molecule is CCOc1cc(/C=C2\N=C(c3ccc(Br)cc3)OC2=O)cc(I)c1OCc1ccccc1Br. The van der Waals surface area contributed by atoms with Gasteiger partial charge < -0.3 is 14.2 Å². The molecule has 0 saturated heterocycles. The summed E-state index contributed by atoms with van der Waals surface area (Å²) in [6, 6.07) is 19.1. The number of halogens is 3. The normalized spacial score (nSPS) is 14.2. The molecule has 0 amide bonds. The van der Waals surface area contributed by atoms with Crippen LogP contribution in [0.2, 0.25) is 0 Å². The maximum atomic E-state index is 12.4. The first kappa shape index (κ1) is 24.0. The van der Waals surface area contributed by atoms with E-state index >= 15 is 0 Å². The summed E-state index contributed by atoms with van der Waals surface area (Å²) in [5.41, 5.74) is 2.76. The van der Waals surface area contributed by atoms with Gasteiger partial charge in [0.1, 0.15) is 6.61 Å². The third-order valence-electron chi connectivity index (χ3n) is 4.68. The van der Waals surface area contributed by atoms with E-state index in [1.807, 2.05) is 67.6 Å². The van der Waals surface area contributed by atoms with Crippen LogP contribution in [-0.4, -0.2) is 18.5 Å². The first-order valence-electron chi connectivity index (χ1n) is 10.1. The molecule has 0 aromatic heterocycles. The van der Waals surface area contributed by atoms with Crippen molar-refractivity contribution < 1.29 is 19.0 Å². The zero-order valence-electron chi connectivity index (χ0n) is 17.5. The minimum absolute atomic E-state index is 0.230. The number of carbonyl (C=O) groups is 1. The number of hydrogen-bond donors (Lipinski definition) is 0. The van der Waals surface area contributed by atoms with Gasteiger partial charge in [0.2, 0.25) is 5.90 Å². The fraction of sp³-hybridized carbons (Fsp3) is 0.120. The Morgan fingerprint density at radius 1 is 1.06 bits per heavy atom. The summed E-state index contributed by atoms with van der Waals surface area (Å²) in [5, 5.41) is 0. The van der Waals surface area contributed by atoms with Crippen LogP contribution in [0.1, 0.15) is 23.6 Å². The highest BCUT2D eigenvalue weighted by molar-refractivity contribution is 14.1. The minimum Gasteiger partial charge on any atom is -0.490 e. The maximum absolute atomic E-state index is 12.4. The maximum Gasteiger partial charge on any atom is 0.363 e. The minimum atomic E-state index is -0.491. The van der Waals surface area contributed by atoms with Crippen LogP contribution in [0.15, 0.2) is 80.3 Å². The number of aliphatic imine (C=N–C) groups is 1. The number of esters is 1. The Labute approximate surface area is 222 Å². The third kappa shape index (κ3) is 5.85. The highest BCUT2D eigenvalue weighted by Gasteiger charge is 2.24. The lowest BCUT2D eigenvalue weighted by Crippen LogP contribution is -2.05. The second kappa shape index (κ2) is 10.8. The van der Waals surface area contributed by atoms with Gasteiger partial charge in [0, 0.05) is 20.1 Å². The quantitative estimate of drug-likeness (QED) is 0.151. The van der Waals surface area contributed by atoms with E-state index in [1.54, 1.807) is 6.08 Å². The van der Waals surface area contributed by atoms with Gasteiger partial charge >= 0.3 is 5.97 Å². The molecule has 3 aromatic carbocycles. The van der Waals surface area contributed by atoms with Crippen LogP contribution in [-0.2, 0) is 16.1 Å². The molecule has 1 heterocycles. The van der Waals surface area contributed by atoms with Crippen molar-refractivity contribution in [1.29, 1.82) is 0 Å². The van der Waals surface area contributed by atoms with Gasteiger partial charge in [-0.15, -0.1) is 0 Å². The zero-order valence-corrected chi connectivity index (χ0v) is 22.8. The molecule has 33 heavy (non-hydrogen) atoms. The fourth-order valence-electron chi connectivity index (χ4n) is 3.12. The van der Waals surface area contributed by atoms with Gasteiger partial charge in [-0.1, -0.05) is 50.1 Å². The summed E-state index contributed by atoms with van der Waals surface area (Å²) < 4.78 is 20.1. The average Bonchev–Trinajstić information content (AvgIpc) is 3.15. The first-order valence-corrected chi connectivity index (χ1v) is 12.7. The number of hydrogen-bond acceptors (Lipinski definition) is 5. The highest BCUT2D eigenvalue weighted by Crippen LogP contribution is 2.36. The summed E-state index contributed by atoms with van der Waals surface area (Å²) >= 11 is 9.16. The topological polar surface area (TPSA) is 57.1 Å². The predicted molar refractivity (Wildman–Crippen MR) is 144 cm³/mol. The molecule has 0 radical (unpaired) electrons. The molecule has 0 aliphatic carbocycles. The van der Waals surface area contributed by atoms with Crippen molar-refractivity contribution in [3.8, 4) is 11.5 Å². The van der Waals surface area contributed by atoms with Crippen molar-refractivity contribution >= 4 is 72.4 Å². The molecule has 0 spiro atoms. The predicted octanol–water partition coefficient (Wildman–Crippen LogP) is 7.14. The van der Waals surface area contributed by atoms with Crippen molar-refractivity contribution in [3.63, 3.8) is 0 Å². The summed E-state index contributed by atoms with van der Waals surface area (Å²) in [6.45, 7) is 2.79. The molecule has 8 heteroatoms. The smallest absolute Gasteiger partial charge is 0.363 e. The van der Waals surface area contributed by atoms with Gasteiger partial charge in [-0.2, -0.15) is 0 Å². The number of carbonyl (C=O) groups excluding carboxylic acids is 1. The van der Waals surface area contributed by atoms with E-state index in [4.69, 9.17) is 14.2 Å². The molecule has 0 fully saturated rings. The molecule has 3 aromatic rings. The van der Waals surface area contributed by atoms with Crippen molar-refractivity contribution in [2.45, 2.75) is 13.5 Å². The third-order valence-corrected chi connectivity index (χ3v) is 6.78. The lowest BCUT2D eigenvalue weighted by molar-refractivity contribution is -0.129. The van der Waals surface area contributed by atoms with Crippen LogP contribution in [0.4, 0.5) is 0 Å². The van der Waals surface area contributed by atoms with E-state index in [0.29, 0.717) is 24.7 Å². The summed E-state index contributed by atoms with van der Waals surface area (Å²) in [5.74, 6) is 1.05. The second-order valence-corrected chi connectivity index (χ2v) is 9.92. The van der Waals surface area contributed by atoms with Gasteiger partial charge in [-0.25, -0.2) is 9.79 Å². The monoisotopic (exact) mass is 681 g/mol. The summed E-state index contributed by atoms with van der Waals surface area (Å²) in [4.78, 5) is 16.8. The van der Waals surface area contributed by atoms with Crippen molar-refractivity contribution in [1.82, 2.24) is 0 Å². The van der Waals surface area contributed by atoms with Crippen LogP contribution in [0, 0.1) is 3.57 Å². The number of cyclic esters (lactones) is 1. The number of rotatable bonds is 7. The molecule has 0 saturated carbocycles. The van der Waals surface area contributed by atoms with Crippen LogP contribution in [0.3, 0.4) is 0 Å². The van der Waals surface area contributed by atoms with E-state index < -0.39 is 5.97 Å². The molecule has 4 rings (SSSR count). The van der Waals surface area contributed by atoms with Gasteiger partial charge in [0.25, 0.3) is 0 Å². The Kier molecular flexibility index (Phi) is 7.87. The van der Waals surface area contributed by atoms with Gasteiger partial charge in [-0.3, -0.25) is 0 Å². The molecule has 168 valence electrons. The van der Waals surface area contributed by atoms with Gasteiger partial charge in [0.05, 0.1) is 10.2 Å². The molecule has 1 aliphatic rings. The van der Waals surface area contributed by atoms with Gasteiger partial charge in [0.15, 0.2) is 17.2 Å². The number of nitrogens with zero attached hydrogens (tertiary/aromatic N) is 1. The lowest BCUT2D eigenvalue weighted by atomic mass is 10.1. The molecular formula is C25H18Br2INO4. The van der Waals surface area contributed by atoms with Crippen molar-refractivity contribution in [2.75, 3.05) is 6.61 Å². The summed E-state index contributed by atoms with van der Waals surface area (Å²) in [7, 11) is 0. The molecule has 5 nitrogen and oxygen atoms in total. The molecule has 0 unspecified atom stereocenters. The molecular weight excluding hydrogens is 665 g/mol. The Balaban J connectivity index is 1.61. The standard InChI is InChI=1S/C25H18Br2INO4/c1-2-31-22-13-15(11-20(28)23(22)32-14-17-5-3-4-6-19(17)27)12-21-25(30)33-24(29-21)16-7-9-18(26)10-8-16/h3-13H,2,14H2,1H3/b21-12-. The zero-order chi connectivity index (χ0) is 23.4. The van der Waals surface area contributed by atoms with Crippen LogP contribution in [0.25, 0.3) is 6.08 Å². The highest BCUT2D eigenvalue weighted by atomic mass is 127. The second-order valence-electron chi connectivity index (χ2n) is 6.99. The van der Waals surface area contributed by atoms with Crippen molar-refractivity contribution in [2.24, 2.45) is 4.99 Å². The Morgan fingerprint density at radius 3 is 2.55 bits per heavy atom. The van der Waals surface area contributed by atoms with Crippen LogP contribution >= 0.6 is 54.5 Å². The molecule has 0 bridgehead atoms. The van der Waals surface area contributed by atoms with Gasteiger partial charge in [-0.05, 0) is 83.6 Å². The number of ether oxygens (including phenoxy) is 3. The largest absolute Gasteiger partial charge is 0.490 e. The molecule has 0 N–H and O–H groups in total. The Morgan fingerprint density at radius 2 is 1.82 bits per heavy atom. The average molecular weight is 683 g/mol. The Hall–Kier alpha value is -2.17. The molecule has 0 atom stereocenters. The summed E-state index contributed by atoms with van der Waals surface area (Å²) in [6.07, 6.45) is 1.69. The number of benzene rings is 3. The first-order chi connectivity index (χ1) is 15.9. The van der Waals surface area contributed by atoms with E-state index in [0.717, 1.165) is 29.2 Å². The van der Waals surface area contributed by atoms with E-state index in [2.05, 4.69) is 59.4 Å². The fourth-order valence-corrected chi connectivity index (χ4v) is 4.57. The van der Waals surface area contributed by atoms with E-state index in [9.17, 15) is 4.79 Å². The van der Waals surface area contributed by atoms with Crippen molar-refractivity contribution in [3.05, 3.63) is 95.6 Å². The molecule has 1 aliphatic heterocycles. The lowest BCUT2D eigenvalue weighted by Gasteiger charge is -2.15. The van der Waals surface area contributed by atoms with E-state index in [-0.39, 0.29) is 11.6 Å². The van der Waals surface area contributed by atoms with E-state index in [1.165, 1.54) is 0 Å².